The molecule has 0 amide bonds. The lowest BCUT2D eigenvalue weighted by atomic mass is 9.96. The fourth-order valence-corrected chi connectivity index (χ4v) is 5.55. The van der Waals surface area contributed by atoms with Gasteiger partial charge in [-0.25, -0.2) is 0 Å². The second-order valence-corrected chi connectivity index (χ2v) is 8.16. The van der Waals surface area contributed by atoms with Crippen molar-refractivity contribution in [2.24, 2.45) is 0 Å². The first kappa shape index (κ1) is 16.4. The summed E-state index contributed by atoms with van der Waals surface area (Å²) >= 11 is 0. The van der Waals surface area contributed by atoms with Crippen molar-refractivity contribution in [2.45, 2.75) is 81.3 Å². The van der Waals surface area contributed by atoms with E-state index in [-0.39, 0.29) is 0 Å². The maximum atomic E-state index is 13.0. The van der Waals surface area contributed by atoms with E-state index in [1.807, 2.05) is 0 Å². The SMILES string of the molecule is CCCNC1CCCCCCC1S(=O)C1CCOCC1. The summed E-state index contributed by atoms with van der Waals surface area (Å²) in [5.74, 6) is 0. The molecule has 1 saturated heterocycles. The van der Waals surface area contributed by atoms with Crippen LogP contribution in [-0.4, -0.2) is 40.5 Å². The molecule has 2 aliphatic rings. The van der Waals surface area contributed by atoms with Gasteiger partial charge in [0.25, 0.3) is 0 Å². The van der Waals surface area contributed by atoms with E-state index in [1.165, 1.54) is 32.1 Å². The summed E-state index contributed by atoms with van der Waals surface area (Å²) < 4.78 is 18.4. The summed E-state index contributed by atoms with van der Waals surface area (Å²) in [6.07, 6.45) is 10.7. The number of rotatable bonds is 5. The lowest BCUT2D eigenvalue weighted by molar-refractivity contribution is 0.0989. The minimum atomic E-state index is -0.688. The zero-order valence-corrected chi connectivity index (χ0v) is 13.8. The highest BCUT2D eigenvalue weighted by atomic mass is 32.2. The molecule has 3 atom stereocenters. The van der Waals surface area contributed by atoms with Crippen LogP contribution in [0.15, 0.2) is 0 Å². The number of hydrogen-bond acceptors (Lipinski definition) is 3. The monoisotopic (exact) mass is 301 g/mol. The molecule has 1 heterocycles. The molecule has 2 fully saturated rings. The Bertz CT molecular complexity index is 290. The van der Waals surface area contributed by atoms with Crippen LogP contribution >= 0.6 is 0 Å². The zero-order chi connectivity index (χ0) is 14.2. The number of hydrogen-bond donors (Lipinski definition) is 1. The lowest BCUT2D eigenvalue weighted by Crippen LogP contribution is -2.46. The molecule has 2 rings (SSSR count). The second kappa shape index (κ2) is 9.16. The molecule has 118 valence electrons. The molecular weight excluding hydrogens is 270 g/mol. The molecule has 0 aromatic carbocycles. The van der Waals surface area contributed by atoms with Gasteiger partial charge in [0.15, 0.2) is 0 Å². The van der Waals surface area contributed by atoms with Crippen molar-refractivity contribution in [1.82, 2.24) is 5.32 Å². The quantitative estimate of drug-likeness (QED) is 0.848. The Labute approximate surface area is 126 Å². The van der Waals surface area contributed by atoms with Crippen LogP contribution in [-0.2, 0) is 15.5 Å². The molecule has 1 N–H and O–H groups in total. The predicted octanol–water partition coefficient (Wildman–Crippen LogP) is 3.01. The third-order valence-electron chi connectivity index (χ3n) is 4.65. The number of nitrogens with one attached hydrogen (secondary N) is 1. The van der Waals surface area contributed by atoms with Crippen LogP contribution in [0.3, 0.4) is 0 Å². The standard InChI is InChI=1S/C16H31NO2S/c1-2-11-17-15-7-5-3-4-6-8-16(15)20(18)14-9-12-19-13-10-14/h14-17H,2-13H2,1H3. The van der Waals surface area contributed by atoms with E-state index in [1.54, 1.807) is 0 Å². The molecular formula is C16H31NO2S. The van der Waals surface area contributed by atoms with E-state index in [4.69, 9.17) is 4.74 Å². The van der Waals surface area contributed by atoms with Gasteiger partial charge in [0.2, 0.25) is 0 Å². The summed E-state index contributed by atoms with van der Waals surface area (Å²) in [5, 5.41) is 4.42. The van der Waals surface area contributed by atoms with Crippen LogP contribution in [0.5, 0.6) is 0 Å². The van der Waals surface area contributed by atoms with E-state index in [0.717, 1.165) is 45.4 Å². The summed E-state index contributed by atoms with van der Waals surface area (Å²) in [4.78, 5) is 0. The fraction of sp³-hybridized carbons (Fsp3) is 1.00. The van der Waals surface area contributed by atoms with Crippen LogP contribution in [0.2, 0.25) is 0 Å². The first-order valence-corrected chi connectivity index (χ1v) is 9.81. The summed E-state index contributed by atoms with van der Waals surface area (Å²) in [6.45, 7) is 4.87. The Hall–Kier alpha value is 0.0700. The number of ether oxygens (including phenoxy) is 1. The zero-order valence-electron chi connectivity index (χ0n) is 12.9. The molecule has 3 unspecified atom stereocenters. The highest BCUT2D eigenvalue weighted by Crippen LogP contribution is 2.26. The maximum absolute atomic E-state index is 13.0. The summed E-state index contributed by atoms with van der Waals surface area (Å²) in [6, 6.07) is 0.471. The van der Waals surface area contributed by atoms with Gasteiger partial charge in [0.05, 0.1) is 5.25 Å². The molecule has 0 bridgehead atoms. The second-order valence-electron chi connectivity index (χ2n) is 6.23. The Morgan fingerprint density at radius 3 is 2.45 bits per heavy atom. The van der Waals surface area contributed by atoms with Gasteiger partial charge < -0.3 is 10.1 Å². The molecule has 0 radical (unpaired) electrons. The third-order valence-corrected chi connectivity index (χ3v) is 6.94. The topological polar surface area (TPSA) is 38.3 Å². The Balaban J connectivity index is 1.98. The molecule has 0 aromatic rings. The Morgan fingerprint density at radius 2 is 1.75 bits per heavy atom. The van der Waals surface area contributed by atoms with Crippen molar-refractivity contribution >= 4 is 10.8 Å². The van der Waals surface area contributed by atoms with Gasteiger partial charge in [-0.1, -0.05) is 32.6 Å². The van der Waals surface area contributed by atoms with Gasteiger partial charge in [-0.3, -0.25) is 4.21 Å². The molecule has 4 heteroatoms. The smallest absolute Gasteiger partial charge is 0.0504 e. The van der Waals surface area contributed by atoms with Crippen LogP contribution in [0.25, 0.3) is 0 Å². The van der Waals surface area contributed by atoms with Crippen molar-refractivity contribution in [2.75, 3.05) is 19.8 Å². The first-order valence-electron chi connectivity index (χ1n) is 8.53. The lowest BCUT2D eigenvalue weighted by Gasteiger charge is -2.33. The van der Waals surface area contributed by atoms with Crippen LogP contribution in [0, 0.1) is 0 Å². The highest BCUT2D eigenvalue weighted by molar-refractivity contribution is 7.86. The highest BCUT2D eigenvalue weighted by Gasteiger charge is 2.32. The van der Waals surface area contributed by atoms with Gasteiger partial charge in [0, 0.05) is 35.3 Å². The molecule has 1 aliphatic heterocycles. The maximum Gasteiger partial charge on any atom is 0.0504 e. The van der Waals surface area contributed by atoms with E-state index in [0.29, 0.717) is 16.5 Å². The van der Waals surface area contributed by atoms with Gasteiger partial charge in [-0.2, -0.15) is 0 Å². The molecule has 1 aliphatic carbocycles. The average Bonchev–Trinajstić information content (AvgIpc) is 2.47. The van der Waals surface area contributed by atoms with Gasteiger partial charge in [-0.15, -0.1) is 0 Å². The van der Waals surface area contributed by atoms with E-state index in [9.17, 15) is 4.21 Å². The molecule has 3 nitrogen and oxygen atoms in total. The van der Waals surface area contributed by atoms with Crippen molar-refractivity contribution in [1.29, 1.82) is 0 Å². The fourth-order valence-electron chi connectivity index (χ4n) is 3.45. The van der Waals surface area contributed by atoms with E-state index >= 15 is 0 Å². The van der Waals surface area contributed by atoms with Crippen LogP contribution in [0.4, 0.5) is 0 Å². The third kappa shape index (κ3) is 4.81. The van der Waals surface area contributed by atoms with Gasteiger partial charge in [0.1, 0.15) is 0 Å². The Morgan fingerprint density at radius 1 is 1.05 bits per heavy atom. The summed E-state index contributed by atoms with van der Waals surface area (Å²) in [7, 11) is -0.688. The van der Waals surface area contributed by atoms with E-state index in [2.05, 4.69) is 12.2 Å². The van der Waals surface area contributed by atoms with Crippen LogP contribution < -0.4 is 5.32 Å². The van der Waals surface area contributed by atoms with Crippen molar-refractivity contribution in [3.05, 3.63) is 0 Å². The van der Waals surface area contributed by atoms with Crippen molar-refractivity contribution in [3.8, 4) is 0 Å². The van der Waals surface area contributed by atoms with Crippen molar-refractivity contribution < 1.29 is 8.95 Å². The van der Waals surface area contributed by atoms with Gasteiger partial charge >= 0.3 is 0 Å². The van der Waals surface area contributed by atoms with Crippen molar-refractivity contribution in [3.63, 3.8) is 0 Å². The largest absolute Gasteiger partial charge is 0.381 e. The minimum Gasteiger partial charge on any atom is -0.381 e. The first-order chi connectivity index (χ1) is 9.83. The molecule has 0 spiro atoms. The normalized spacial score (nSPS) is 31.4. The Kier molecular flexibility index (Phi) is 7.53. The molecule has 1 saturated carbocycles. The average molecular weight is 301 g/mol. The van der Waals surface area contributed by atoms with Crippen LogP contribution in [0.1, 0.15) is 64.7 Å². The minimum absolute atomic E-state index is 0.366. The molecule has 0 aromatic heterocycles. The molecule has 20 heavy (non-hydrogen) atoms. The van der Waals surface area contributed by atoms with Gasteiger partial charge in [-0.05, 0) is 38.6 Å². The van der Waals surface area contributed by atoms with E-state index < -0.39 is 10.8 Å². The summed E-state index contributed by atoms with van der Waals surface area (Å²) in [5.41, 5.74) is 0. The predicted molar refractivity (Wildman–Crippen MR) is 85.6 cm³/mol.